The Labute approximate surface area is 69.2 Å². The molecule has 0 aromatic rings. The average molecular weight is 168 g/mol. The molecule has 3 heteroatoms. The van der Waals surface area contributed by atoms with E-state index in [-0.39, 0.29) is 12.4 Å². The Morgan fingerprint density at radius 2 is 1.90 bits per heavy atom. The topological polar surface area (TPSA) is 46.2 Å². The Balaban J connectivity index is 0. The van der Waals surface area contributed by atoms with Crippen molar-refractivity contribution >= 4 is 12.4 Å². The Bertz CT molecular complexity index is 83.7. The summed E-state index contributed by atoms with van der Waals surface area (Å²) in [5.41, 5.74) is 4.65. The number of rotatable bonds is 3. The van der Waals surface area contributed by atoms with Crippen LogP contribution >= 0.6 is 12.4 Å². The summed E-state index contributed by atoms with van der Waals surface area (Å²) in [6, 6.07) is 0. The Morgan fingerprint density at radius 3 is 2.00 bits per heavy atom. The molecule has 0 heterocycles. The minimum absolute atomic E-state index is 0. The van der Waals surface area contributed by atoms with Crippen LogP contribution in [0.25, 0.3) is 0 Å². The third-order valence-electron chi connectivity index (χ3n) is 1.29. The lowest BCUT2D eigenvalue weighted by Crippen LogP contribution is -2.35. The van der Waals surface area contributed by atoms with Gasteiger partial charge in [0.2, 0.25) is 0 Å². The van der Waals surface area contributed by atoms with Crippen LogP contribution in [0, 0.1) is 5.92 Å². The number of nitrogens with two attached hydrogens (primary N) is 1. The molecule has 0 aliphatic rings. The molecular weight excluding hydrogens is 150 g/mol. The minimum atomic E-state index is -0.659. The van der Waals surface area contributed by atoms with Gasteiger partial charge in [0.25, 0.3) is 0 Å². The van der Waals surface area contributed by atoms with Gasteiger partial charge in [0.05, 0.1) is 5.60 Å². The minimum Gasteiger partial charge on any atom is -0.389 e. The highest BCUT2D eigenvalue weighted by Gasteiger charge is 2.18. The molecule has 0 aliphatic carbocycles. The van der Waals surface area contributed by atoms with Gasteiger partial charge in [-0.25, -0.2) is 0 Å². The summed E-state index contributed by atoms with van der Waals surface area (Å²) in [7, 11) is 0. The largest absolute Gasteiger partial charge is 0.389 e. The van der Waals surface area contributed by atoms with Gasteiger partial charge in [-0.05, 0) is 19.3 Å². The molecule has 0 aromatic heterocycles. The van der Waals surface area contributed by atoms with Crippen LogP contribution in [0.4, 0.5) is 0 Å². The first-order chi connectivity index (χ1) is 3.98. The standard InChI is InChI=1S/C7H17NO.ClH/c1-6(2)4-7(3,9)5-8;/h6,9H,4-5,8H2,1-3H3;1H. The van der Waals surface area contributed by atoms with Crippen LogP contribution in [0.2, 0.25) is 0 Å². The Kier molecular flexibility index (Phi) is 6.35. The molecule has 3 N–H and O–H groups in total. The highest BCUT2D eigenvalue weighted by molar-refractivity contribution is 5.85. The second-order valence-electron chi connectivity index (χ2n) is 3.30. The highest BCUT2D eigenvalue weighted by atomic mass is 35.5. The maximum Gasteiger partial charge on any atom is 0.0743 e. The summed E-state index contributed by atoms with van der Waals surface area (Å²) in [5.74, 6) is 0.517. The lowest BCUT2D eigenvalue weighted by molar-refractivity contribution is 0.0473. The van der Waals surface area contributed by atoms with E-state index < -0.39 is 5.60 Å². The Morgan fingerprint density at radius 1 is 1.50 bits per heavy atom. The van der Waals surface area contributed by atoms with Crippen molar-refractivity contribution in [3.8, 4) is 0 Å². The van der Waals surface area contributed by atoms with Crippen molar-refractivity contribution in [2.75, 3.05) is 6.54 Å². The fraction of sp³-hybridized carbons (Fsp3) is 1.00. The quantitative estimate of drug-likeness (QED) is 0.663. The third kappa shape index (κ3) is 6.33. The summed E-state index contributed by atoms with van der Waals surface area (Å²) < 4.78 is 0. The van der Waals surface area contributed by atoms with Crippen molar-refractivity contribution in [3.63, 3.8) is 0 Å². The summed E-state index contributed by atoms with van der Waals surface area (Å²) in [6.45, 7) is 6.27. The molecule has 0 saturated carbocycles. The smallest absolute Gasteiger partial charge is 0.0743 e. The Hall–Kier alpha value is 0.210. The molecule has 0 spiro atoms. The van der Waals surface area contributed by atoms with Crippen LogP contribution in [-0.4, -0.2) is 17.3 Å². The van der Waals surface area contributed by atoms with E-state index in [0.717, 1.165) is 6.42 Å². The lowest BCUT2D eigenvalue weighted by Gasteiger charge is -2.22. The zero-order valence-electron chi connectivity index (χ0n) is 6.92. The third-order valence-corrected chi connectivity index (χ3v) is 1.29. The van der Waals surface area contributed by atoms with Crippen LogP contribution in [-0.2, 0) is 0 Å². The predicted octanol–water partition coefficient (Wildman–Crippen LogP) is 1.16. The fourth-order valence-corrected chi connectivity index (χ4v) is 0.963. The molecule has 0 aliphatic heterocycles. The van der Waals surface area contributed by atoms with Gasteiger partial charge < -0.3 is 10.8 Å². The highest BCUT2D eigenvalue weighted by Crippen LogP contribution is 2.13. The van der Waals surface area contributed by atoms with E-state index in [9.17, 15) is 5.11 Å². The average Bonchev–Trinajstić information content (AvgIpc) is 1.63. The second-order valence-corrected chi connectivity index (χ2v) is 3.30. The van der Waals surface area contributed by atoms with Crippen molar-refractivity contribution in [3.05, 3.63) is 0 Å². The van der Waals surface area contributed by atoms with E-state index in [1.165, 1.54) is 0 Å². The summed E-state index contributed by atoms with van der Waals surface area (Å²) in [4.78, 5) is 0. The van der Waals surface area contributed by atoms with Gasteiger partial charge >= 0.3 is 0 Å². The van der Waals surface area contributed by atoms with Crippen molar-refractivity contribution in [2.45, 2.75) is 32.8 Å². The van der Waals surface area contributed by atoms with Gasteiger partial charge in [-0.15, -0.1) is 12.4 Å². The van der Waals surface area contributed by atoms with Gasteiger partial charge in [-0.3, -0.25) is 0 Å². The first-order valence-corrected chi connectivity index (χ1v) is 3.40. The van der Waals surface area contributed by atoms with Gasteiger partial charge in [0.15, 0.2) is 0 Å². The molecule has 0 saturated heterocycles. The zero-order valence-corrected chi connectivity index (χ0v) is 7.74. The maximum atomic E-state index is 9.37. The van der Waals surface area contributed by atoms with Crippen LogP contribution in [0.3, 0.4) is 0 Å². The van der Waals surface area contributed by atoms with Gasteiger partial charge in [-0.2, -0.15) is 0 Å². The van der Waals surface area contributed by atoms with E-state index >= 15 is 0 Å². The molecule has 0 amide bonds. The molecule has 1 unspecified atom stereocenters. The van der Waals surface area contributed by atoms with Crippen molar-refractivity contribution in [1.82, 2.24) is 0 Å². The molecule has 0 bridgehead atoms. The van der Waals surface area contributed by atoms with Crippen LogP contribution < -0.4 is 5.73 Å². The molecule has 0 aromatic carbocycles. The van der Waals surface area contributed by atoms with Gasteiger partial charge in [-0.1, -0.05) is 13.8 Å². The van der Waals surface area contributed by atoms with E-state index in [1.807, 2.05) is 0 Å². The molecular formula is C7H18ClNO. The lowest BCUT2D eigenvalue weighted by atomic mass is 9.95. The predicted molar refractivity (Wildman–Crippen MR) is 46.4 cm³/mol. The number of hydrogen-bond donors (Lipinski definition) is 2. The van der Waals surface area contributed by atoms with Gasteiger partial charge in [0.1, 0.15) is 0 Å². The number of aliphatic hydroxyl groups is 1. The second kappa shape index (κ2) is 4.94. The first kappa shape index (κ1) is 12.8. The van der Waals surface area contributed by atoms with Crippen molar-refractivity contribution in [2.24, 2.45) is 11.7 Å². The van der Waals surface area contributed by atoms with Crippen LogP contribution in [0.5, 0.6) is 0 Å². The summed E-state index contributed by atoms with van der Waals surface area (Å²) in [6.07, 6.45) is 0.781. The molecule has 0 radical (unpaired) electrons. The van der Waals surface area contributed by atoms with E-state index in [0.29, 0.717) is 12.5 Å². The van der Waals surface area contributed by atoms with Crippen LogP contribution in [0.15, 0.2) is 0 Å². The number of halogens is 1. The molecule has 0 rings (SSSR count). The fourth-order valence-electron chi connectivity index (χ4n) is 0.963. The molecule has 1 atom stereocenters. The van der Waals surface area contributed by atoms with E-state index in [2.05, 4.69) is 13.8 Å². The maximum absolute atomic E-state index is 9.37. The molecule has 10 heavy (non-hydrogen) atoms. The molecule has 0 fully saturated rings. The molecule has 64 valence electrons. The normalized spacial score (nSPS) is 16.2. The molecule has 2 nitrogen and oxygen atoms in total. The van der Waals surface area contributed by atoms with Crippen molar-refractivity contribution in [1.29, 1.82) is 0 Å². The van der Waals surface area contributed by atoms with Crippen molar-refractivity contribution < 1.29 is 5.11 Å². The number of hydrogen-bond acceptors (Lipinski definition) is 2. The summed E-state index contributed by atoms with van der Waals surface area (Å²) >= 11 is 0. The summed E-state index contributed by atoms with van der Waals surface area (Å²) in [5, 5.41) is 9.37. The monoisotopic (exact) mass is 167 g/mol. The van der Waals surface area contributed by atoms with E-state index in [4.69, 9.17) is 5.73 Å². The first-order valence-electron chi connectivity index (χ1n) is 3.40. The SMILES string of the molecule is CC(C)CC(C)(O)CN.Cl. The van der Waals surface area contributed by atoms with Gasteiger partial charge in [0, 0.05) is 6.54 Å². The van der Waals surface area contributed by atoms with E-state index in [1.54, 1.807) is 6.92 Å². The van der Waals surface area contributed by atoms with Crippen LogP contribution in [0.1, 0.15) is 27.2 Å². The zero-order chi connectivity index (χ0) is 7.49.